The number of nitriles is 1. The minimum atomic E-state index is -0.138. The summed E-state index contributed by atoms with van der Waals surface area (Å²) in [5, 5.41) is 14.8. The monoisotopic (exact) mass is 1120 g/mol. The Morgan fingerprint density at radius 1 is 0.476 bits per heavy atom. The number of rotatable bonds is 8. The number of hydrogen-bond acceptors (Lipinski definition) is 7. The fourth-order valence-corrected chi connectivity index (χ4v) is 15.3. The third-order valence-electron chi connectivity index (χ3n) is 17.1. The molecule has 84 heavy (non-hydrogen) atoms. The molecule has 0 unspecified atom stereocenters. The van der Waals surface area contributed by atoms with E-state index in [0.717, 1.165) is 78.9 Å². The van der Waals surface area contributed by atoms with Crippen molar-refractivity contribution in [2.45, 2.75) is 69.1 Å². The van der Waals surface area contributed by atoms with Crippen molar-refractivity contribution in [1.29, 1.82) is 5.26 Å². The second-order valence-electron chi connectivity index (χ2n) is 24.5. The Balaban J connectivity index is 1.02. The van der Waals surface area contributed by atoms with Crippen LogP contribution in [-0.2, 0) is 10.8 Å². The standard InChI is InChI=1S/C76H59BN4OS2/c1-47-18-17-25-60-72-68(84-74(47)60)37-36-67-71(72)61-38-49(28-35-66(61)82-67)50-39-65-73-70(40-50)83-69-45-58(79(53-19-11-8-12-20-53)54-21-13-9-14-22-54)32-34-63(69)77(73)62-33-31-57(80(55-23-15-10-16-24-55)56-29-26-48(46-78)27-30-56)44-64(62)81(65)59-42-51(75(2,3)4)41-52(43-59)76(5,6)7/h8-45H,1-7H3. The summed E-state index contributed by atoms with van der Waals surface area (Å²) in [5.41, 5.74) is 21.8. The lowest BCUT2D eigenvalue weighted by Crippen LogP contribution is -2.59. The van der Waals surface area contributed by atoms with E-state index >= 15 is 0 Å². The van der Waals surface area contributed by atoms with Crippen LogP contribution in [0.15, 0.2) is 245 Å². The predicted molar refractivity (Wildman–Crippen MR) is 358 cm³/mol. The molecule has 0 saturated heterocycles. The number of hydrogen-bond donors (Lipinski definition) is 0. The highest BCUT2D eigenvalue weighted by Gasteiger charge is 2.42. The molecule has 2 aromatic heterocycles. The molecule has 0 saturated carbocycles. The maximum atomic E-state index is 9.95. The van der Waals surface area contributed by atoms with E-state index in [1.807, 2.05) is 35.2 Å². The highest BCUT2D eigenvalue weighted by Crippen LogP contribution is 2.50. The van der Waals surface area contributed by atoms with Gasteiger partial charge in [0.1, 0.15) is 11.2 Å². The van der Waals surface area contributed by atoms with Gasteiger partial charge in [-0.25, -0.2) is 0 Å². The van der Waals surface area contributed by atoms with Crippen molar-refractivity contribution < 1.29 is 4.42 Å². The molecule has 0 amide bonds. The number of benzene rings is 11. The fourth-order valence-electron chi connectivity index (χ4n) is 12.8. The summed E-state index contributed by atoms with van der Waals surface area (Å²) in [6.45, 7) is 16.1. The lowest BCUT2D eigenvalue weighted by atomic mass is 9.35. The molecule has 13 aromatic rings. The Kier molecular flexibility index (Phi) is 12.1. The van der Waals surface area contributed by atoms with Crippen LogP contribution in [0, 0.1) is 18.3 Å². The predicted octanol–water partition coefficient (Wildman–Crippen LogP) is 20.1. The van der Waals surface area contributed by atoms with Gasteiger partial charge in [-0.1, -0.05) is 156 Å². The van der Waals surface area contributed by atoms with Crippen molar-refractivity contribution >= 4 is 139 Å². The van der Waals surface area contributed by atoms with Crippen LogP contribution >= 0.6 is 23.1 Å². The van der Waals surface area contributed by atoms with E-state index in [4.69, 9.17) is 4.42 Å². The summed E-state index contributed by atoms with van der Waals surface area (Å²) >= 11 is 3.75. The third-order valence-corrected chi connectivity index (χ3v) is 19.5. The zero-order valence-corrected chi connectivity index (χ0v) is 49.7. The summed E-state index contributed by atoms with van der Waals surface area (Å²) in [7, 11) is 0. The molecule has 2 aliphatic rings. The van der Waals surface area contributed by atoms with Gasteiger partial charge in [0.2, 0.25) is 6.71 Å². The lowest BCUT2D eigenvalue weighted by Gasteiger charge is -2.42. The van der Waals surface area contributed by atoms with Gasteiger partial charge in [0.25, 0.3) is 0 Å². The smallest absolute Gasteiger partial charge is 0.249 e. The molecule has 0 fully saturated rings. The molecule has 8 heteroatoms. The number of thiophene rings is 1. The van der Waals surface area contributed by atoms with Crippen molar-refractivity contribution in [3.63, 3.8) is 0 Å². The first-order chi connectivity index (χ1) is 40.7. The molecule has 0 bridgehead atoms. The average molecular weight is 1120 g/mol. The van der Waals surface area contributed by atoms with Gasteiger partial charge < -0.3 is 19.1 Å². The van der Waals surface area contributed by atoms with Crippen molar-refractivity contribution in [3.05, 3.63) is 253 Å². The van der Waals surface area contributed by atoms with Gasteiger partial charge in [0, 0.05) is 91.9 Å². The number of furan rings is 1. The van der Waals surface area contributed by atoms with Gasteiger partial charge in [-0.3, -0.25) is 0 Å². The molecular formula is C76H59BN4OS2. The van der Waals surface area contributed by atoms with Crippen LogP contribution < -0.4 is 31.1 Å². The molecule has 404 valence electrons. The van der Waals surface area contributed by atoms with Crippen LogP contribution in [-0.4, -0.2) is 6.71 Å². The highest BCUT2D eigenvalue weighted by molar-refractivity contribution is 8.00. The van der Waals surface area contributed by atoms with Crippen LogP contribution in [0.3, 0.4) is 0 Å². The van der Waals surface area contributed by atoms with Gasteiger partial charge >= 0.3 is 0 Å². The van der Waals surface area contributed by atoms with E-state index < -0.39 is 0 Å². The Morgan fingerprint density at radius 3 is 1.70 bits per heavy atom. The molecule has 2 aliphatic heterocycles. The molecule has 0 atom stereocenters. The van der Waals surface area contributed by atoms with E-state index in [-0.39, 0.29) is 17.5 Å². The van der Waals surface area contributed by atoms with Crippen LogP contribution in [0.5, 0.6) is 0 Å². The Bertz CT molecular complexity index is 4750. The van der Waals surface area contributed by atoms with E-state index in [1.165, 1.54) is 68.4 Å². The number of anilines is 9. The molecule has 15 rings (SSSR count). The summed E-state index contributed by atoms with van der Waals surface area (Å²) in [5.74, 6) is 0. The molecule has 5 nitrogen and oxygen atoms in total. The zero-order valence-electron chi connectivity index (χ0n) is 48.0. The van der Waals surface area contributed by atoms with Gasteiger partial charge in [-0.05, 0) is 190 Å². The van der Waals surface area contributed by atoms with E-state index in [1.54, 1.807) is 0 Å². The Labute approximate surface area is 499 Å². The minimum absolute atomic E-state index is 0.103. The van der Waals surface area contributed by atoms with Crippen molar-refractivity contribution in [3.8, 4) is 17.2 Å². The summed E-state index contributed by atoms with van der Waals surface area (Å²) in [6.07, 6.45) is 0. The maximum Gasteiger partial charge on any atom is 0.249 e. The summed E-state index contributed by atoms with van der Waals surface area (Å²) < 4.78 is 9.35. The normalized spacial score (nSPS) is 12.8. The summed E-state index contributed by atoms with van der Waals surface area (Å²) in [4.78, 5) is 9.73. The molecule has 4 heterocycles. The van der Waals surface area contributed by atoms with Crippen LogP contribution in [0.2, 0.25) is 0 Å². The van der Waals surface area contributed by atoms with Crippen molar-refractivity contribution in [2.24, 2.45) is 0 Å². The number of aryl methyl sites for hydroxylation is 1. The number of nitrogens with zero attached hydrogens (tertiary/aromatic N) is 4. The van der Waals surface area contributed by atoms with E-state index in [9.17, 15) is 5.26 Å². The Morgan fingerprint density at radius 2 is 1.07 bits per heavy atom. The van der Waals surface area contributed by atoms with Gasteiger partial charge in [0.15, 0.2) is 0 Å². The molecule has 0 radical (unpaired) electrons. The van der Waals surface area contributed by atoms with E-state index in [0.29, 0.717) is 5.56 Å². The Hall–Kier alpha value is -9.26. The molecule has 0 aliphatic carbocycles. The zero-order chi connectivity index (χ0) is 57.2. The number of fused-ring (bicyclic) bond motifs is 11. The van der Waals surface area contributed by atoms with Gasteiger partial charge in [-0.2, -0.15) is 5.26 Å². The molecule has 0 spiro atoms. The first-order valence-electron chi connectivity index (χ1n) is 28.9. The van der Waals surface area contributed by atoms with Crippen LogP contribution in [0.4, 0.5) is 51.2 Å². The quantitative estimate of drug-likeness (QED) is 0.141. The first kappa shape index (κ1) is 51.6. The van der Waals surface area contributed by atoms with Crippen molar-refractivity contribution in [1.82, 2.24) is 0 Å². The largest absolute Gasteiger partial charge is 0.456 e. The van der Waals surface area contributed by atoms with Crippen LogP contribution in [0.25, 0.3) is 53.2 Å². The van der Waals surface area contributed by atoms with Gasteiger partial charge in [0.05, 0.1) is 11.6 Å². The first-order valence-corrected chi connectivity index (χ1v) is 30.5. The molecule has 0 N–H and O–H groups in total. The second kappa shape index (κ2) is 19.7. The van der Waals surface area contributed by atoms with E-state index in [2.05, 4.69) is 288 Å². The topological polar surface area (TPSA) is 46.7 Å². The number of para-hydroxylation sites is 3. The molecular weight excluding hydrogens is 1060 g/mol. The van der Waals surface area contributed by atoms with Crippen molar-refractivity contribution in [2.75, 3.05) is 14.7 Å². The highest BCUT2D eigenvalue weighted by atomic mass is 32.2. The average Bonchev–Trinajstić information content (AvgIpc) is 1.11. The van der Waals surface area contributed by atoms with Crippen LogP contribution in [0.1, 0.15) is 63.8 Å². The lowest BCUT2D eigenvalue weighted by molar-refractivity contribution is 0.569. The molecule has 11 aromatic carbocycles. The minimum Gasteiger partial charge on any atom is -0.456 e. The second-order valence-corrected chi connectivity index (χ2v) is 26.7. The SMILES string of the molecule is Cc1cccc2c1sc1ccc3oc4ccc(-c5cc6c7c(c5)N(c5cc(C(C)(C)C)cc(C(C)(C)C)c5)c5cc(N(c8ccccc8)c8ccc(C#N)cc8)ccc5B7c5ccc(N(c7ccccc7)c7ccccc7)cc5S6)cc4c3c12. The van der Waals surface area contributed by atoms with Gasteiger partial charge in [-0.15, -0.1) is 11.3 Å². The fraction of sp³-hybridized carbons (Fsp3) is 0.118. The maximum absolute atomic E-state index is 9.95. The summed E-state index contributed by atoms with van der Waals surface area (Å²) in [6, 6.07) is 86.7. The third kappa shape index (κ3) is 8.59.